The highest BCUT2D eigenvalue weighted by Gasteiger charge is 2.06. The molecule has 0 aromatic rings. The second kappa shape index (κ2) is 6.47. The molecule has 1 N–H and O–H groups in total. The lowest BCUT2D eigenvalue weighted by Crippen LogP contribution is -2.30. The third-order valence-corrected chi connectivity index (χ3v) is 1.42. The number of aliphatic hydroxyl groups is 1. The number of rotatable bonds is 6. The van der Waals surface area contributed by atoms with E-state index in [1.807, 2.05) is 13.8 Å². The molecule has 78 valence electrons. The fourth-order valence-corrected chi connectivity index (χ4v) is 0.708. The van der Waals surface area contributed by atoms with Gasteiger partial charge in [-0.3, -0.25) is 0 Å². The van der Waals surface area contributed by atoms with E-state index in [0.717, 1.165) is 0 Å². The molecule has 0 saturated heterocycles. The van der Waals surface area contributed by atoms with Crippen LogP contribution in [0.4, 0.5) is 0 Å². The second-order valence-corrected chi connectivity index (χ2v) is 2.62. The van der Waals surface area contributed by atoms with E-state index in [0.29, 0.717) is 18.1 Å². The van der Waals surface area contributed by atoms with Crippen LogP contribution in [0.2, 0.25) is 0 Å². The van der Waals surface area contributed by atoms with E-state index >= 15 is 0 Å². The van der Waals surface area contributed by atoms with Crippen LogP contribution in [0.1, 0.15) is 20.8 Å². The summed E-state index contributed by atoms with van der Waals surface area (Å²) in [5.74, 6) is 0. The fourth-order valence-electron chi connectivity index (χ4n) is 0.708. The van der Waals surface area contributed by atoms with Crippen molar-refractivity contribution in [3.05, 3.63) is 5.21 Å². The van der Waals surface area contributed by atoms with E-state index in [1.165, 1.54) is 5.01 Å². The van der Waals surface area contributed by atoms with Gasteiger partial charge in [-0.05, 0) is 20.8 Å². The molecule has 1 unspecified atom stereocenters. The van der Waals surface area contributed by atoms with Crippen LogP contribution in [0, 0.1) is 5.21 Å². The minimum Gasteiger partial charge on any atom is -0.569 e. The lowest BCUT2D eigenvalue weighted by atomic mass is 10.5. The van der Waals surface area contributed by atoms with Crippen LogP contribution in [-0.2, 0) is 4.84 Å². The van der Waals surface area contributed by atoms with Crippen LogP contribution in [0.25, 0.3) is 0 Å². The van der Waals surface area contributed by atoms with Gasteiger partial charge in [-0.1, -0.05) is 0 Å². The van der Waals surface area contributed by atoms with E-state index in [4.69, 9.17) is 5.11 Å². The molecule has 0 rings (SSSR count). The van der Waals surface area contributed by atoms with Crippen molar-refractivity contribution in [1.82, 2.24) is 5.01 Å². The first-order valence-electron chi connectivity index (χ1n) is 4.34. The van der Waals surface area contributed by atoms with Gasteiger partial charge >= 0.3 is 0 Å². The van der Waals surface area contributed by atoms with Crippen molar-refractivity contribution in [2.24, 2.45) is 5.28 Å². The summed E-state index contributed by atoms with van der Waals surface area (Å²) in [7, 11) is 0. The monoisotopic (exact) mass is 191 g/mol. The van der Waals surface area contributed by atoms with Crippen LogP contribution in [0.3, 0.4) is 0 Å². The van der Waals surface area contributed by atoms with Gasteiger partial charge in [-0.15, -0.1) is 5.01 Å². The first-order chi connectivity index (χ1) is 6.11. The lowest BCUT2D eigenvalue weighted by Gasteiger charge is -2.13. The molecule has 1 atom stereocenters. The van der Waals surface area contributed by atoms with Gasteiger partial charge in [0.05, 0.1) is 24.2 Å². The van der Waals surface area contributed by atoms with E-state index < -0.39 is 6.10 Å². The summed E-state index contributed by atoms with van der Waals surface area (Å²) >= 11 is 0. The maximum atomic E-state index is 11.1. The van der Waals surface area contributed by atoms with Gasteiger partial charge in [-0.2, -0.15) is 0 Å². The molecule has 6 heteroatoms. The summed E-state index contributed by atoms with van der Waals surface area (Å²) < 4.78 is 0. The molecule has 0 aromatic carbocycles. The number of nitrogens with zero attached hydrogens (tertiary/aromatic N) is 3. The van der Waals surface area contributed by atoms with Gasteiger partial charge in [0.25, 0.3) is 0 Å². The van der Waals surface area contributed by atoms with E-state index in [2.05, 4.69) is 10.1 Å². The highest BCUT2D eigenvalue weighted by atomic mass is 16.7. The Bertz CT molecular complexity index is 157. The number of hydrogen-bond donors (Lipinski definition) is 1. The molecular formula is C7H17N3O3. The standard InChI is InChI=1S/C7H17N3O3/c1-4-9(5-2)10(12)8-13-6-7(3)11/h7,11H,4-6H2,1-3H3/b10-8-. The van der Waals surface area contributed by atoms with Crippen molar-refractivity contribution in [2.75, 3.05) is 19.7 Å². The lowest BCUT2D eigenvalue weighted by molar-refractivity contribution is -0.710. The van der Waals surface area contributed by atoms with Crippen molar-refractivity contribution in [1.29, 1.82) is 0 Å². The average molecular weight is 191 g/mol. The maximum Gasteiger partial charge on any atom is 0.233 e. The topological polar surface area (TPSA) is 71.1 Å². The van der Waals surface area contributed by atoms with Gasteiger partial charge in [0.2, 0.25) is 5.28 Å². The predicted molar refractivity (Wildman–Crippen MR) is 46.6 cm³/mol. The number of hydrogen-bond acceptors (Lipinski definition) is 4. The highest BCUT2D eigenvalue weighted by Crippen LogP contribution is 1.91. The van der Waals surface area contributed by atoms with Crippen molar-refractivity contribution in [2.45, 2.75) is 26.9 Å². The minimum atomic E-state index is -0.617. The van der Waals surface area contributed by atoms with Crippen LogP contribution < -0.4 is 0 Å². The zero-order chi connectivity index (χ0) is 10.3. The molecule has 0 spiro atoms. The molecule has 6 nitrogen and oxygen atoms in total. The molecule has 0 radical (unpaired) electrons. The Hall–Kier alpha value is -1.04. The molecule has 0 aromatic heterocycles. The Morgan fingerprint density at radius 1 is 1.54 bits per heavy atom. The van der Waals surface area contributed by atoms with E-state index in [-0.39, 0.29) is 6.61 Å². The summed E-state index contributed by atoms with van der Waals surface area (Å²) in [6.07, 6.45) is -0.617. The summed E-state index contributed by atoms with van der Waals surface area (Å²) in [6.45, 7) is 6.42. The average Bonchev–Trinajstić information content (AvgIpc) is 2.05. The summed E-state index contributed by atoms with van der Waals surface area (Å²) in [5.41, 5.74) is 0. The molecule has 0 amide bonds. The highest BCUT2D eigenvalue weighted by molar-refractivity contribution is 4.37. The van der Waals surface area contributed by atoms with Gasteiger partial charge in [0, 0.05) is 0 Å². The van der Waals surface area contributed by atoms with Gasteiger partial charge in [0.1, 0.15) is 6.61 Å². The molecular weight excluding hydrogens is 174 g/mol. The quantitative estimate of drug-likeness (QED) is 0.377. The third kappa shape index (κ3) is 5.24. The SMILES string of the molecule is CCN(CC)/[N+]([O-])=N/OCC(C)O. The third-order valence-electron chi connectivity index (χ3n) is 1.42. The normalized spacial score (nSPS) is 14.0. The number of aliphatic hydroxyl groups excluding tert-OH is 1. The second-order valence-electron chi connectivity index (χ2n) is 2.62. The molecule has 0 bridgehead atoms. The number of hydrazine groups is 1. The Balaban J connectivity index is 3.85. The van der Waals surface area contributed by atoms with Crippen molar-refractivity contribution >= 4 is 0 Å². The van der Waals surface area contributed by atoms with Crippen molar-refractivity contribution in [3.8, 4) is 0 Å². The molecule has 0 saturated carbocycles. The van der Waals surface area contributed by atoms with Crippen molar-refractivity contribution in [3.63, 3.8) is 0 Å². The molecule has 0 heterocycles. The largest absolute Gasteiger partial charge is 0.569 e. The first kappa shape index (κ1) is 12.0. The smallest absolute Gasteiger partial charge is 0.233 e. The Kier molecular flexibility index (Phi) is 5.96. The van der Waals surface area contributed by atoms with Crippen LogP contribution >= 0.6 is 0 Å². The molecule has 0 aliphatic carbocycles. The van der Waals surface area contributed by atoms with Crippen molar-refractivity contribution < 1.29 is 14.9 Å². The van der Waals surface area contributed by atoms with Gasteiger partial charge in [-0.25, -0.2) is 0 Å². The van der Waals surface area contributed by atoms with E-state index in [1.54, 1.807) is 6.92 Å². The summed E-state index contributed by atoms with van der Waals surface area (Å²) in [6, 6.07) is 0. The summed E-state index contributed by atoms with van der Waals surface area (Å²) in [5, 5.41) is 24.6. The molecule has 0 aliphatic heterocycles. The maximum absolute atomic E-state index is 11.1. The summed E-state index contributed by atoms with van der Waals surface area (Å²) in [4.78, 5) is 4.98. The van der Waals surface area contributed by atoms with Crippen LogP contribution in [0.5, 0.6) is 0 Å². The Morgan fingerprint density at radius 3 is 2.46 bits per heavy atom. The Labute approximate surface area is 77.9 Å². The zero-order valence-electron chi connectivity index (χ0n) is 8.30. The van der Waals surface area contributed by atoms with E-state index in [9.17, 15) is 5.21 Å². The molecule has 0 aliphatic rings. The van der Waals surface area contributed by atoms with Crippen LogP contribution in [-0.4, -0.2) is 40.9 Å². The fraction of sp³-hybridized carbons (Fsp3) is 1.00. The van der Waals surface area contributed by atoms with Crippen LogP contribution in [0.15, 0.2) is 5.28 Å². The van der Waals surface area contributed by atoms with Gasteiger partial charge < -0.3 is 15.2 Å². The molecule has 13 heavy (non-hydrogen) atoms. The predicted octanol–water partition coefficient (Wildman–Crippen LogP) is 0.518. The zero-order valence-corrected chi connectivity index (χ0v) is 8.30. The molecule has 0 fully saturated rings. The minimum absolute atomic E-state index is 0.0278. The Morgan fingerprint density at radius 2 is 2.08 bits per heavy atom. The van der Waals surface area contributed by atoms with Gasteiger partial charge in [0.15, 0.2) is 0 Å². The first-order valence-corrected chi connectivity index (χ1v) is 4.34.